The lowest BCUT2D eigenvalue weighted by Crippen LogP contribution is -2.42. The van der Waals surface area contributed by atoms with E-state index >= 15 is 0 Å². The van der Waals surface area contributed by atoms with E-state index in [-0.39, 0.29) is 5.75 Å². The molecule has 1 fully saturated rings. The third-order valence-corrected chi connectivity index (χ3v) is 6.24. The fourth-order valence-corrected chi connectivity index (χ4v) is 4.36. The number of rotatable bonds is 10. The van der Waals surface area contributed by atoms with E-state index in [0.29, 0.717) is 22.8 Å². The molecule has 1 saturated carbocycles. The zero-order valence-corrected chi connectivity index (χ0v) is 18.5. The average molecular weight is 444 g/mol. The molecule has 0 spiro atoms. The number of ether oxygens (including phenoxy) is 1. The van der Waals surface area contributed by atoms with Gasteiger partial charge >= 0.3 is 12.0 Å². The summed E-state index contributed by atoms with van der Waals surface area (Å²) in [5.74, 6) is -0.745. The molecule has 0 bridgehead atoms. The molecule has 0 atom stereocenters. The number of carbonyl (C=O) groups is 3. The summed E-state index contributed by atoms with van der Waals surface area (Å²) in [5, 5.41) is 17.0. The molecule has 2 rings (SSSR count). The summed E-state index contributed by atoms with van der Waals surface area (Å²) in [6, 6.07) is -0.145. The highest BCUT2D eigenvalue weighted by Crippen LogP contribution is 2.28. The molecule has 162 valence electrons. The molecule has 0 aliphatic heterocycles. The largest absolute Gasteiger partial charge is 0.455 e. The standard InChI is InChI=1S/C18H29N5O4S2/c1-12(2)8-9-19-16(26)21-14(24)10-27-15(25)11-28-18-23-22-17(29-18)20-13-6-4-3-5-7-13/h12-13H,3-11H2,1-2H3,(H,20,22)(H2,19,21,24,26). The molecule has 0 radical (unpaired) electrons. The highest BCUT2D eigenvalue weighted by Gasteiger charge is 2.16. The minimum Gasteiger partial charge on any atom is -0.455 e. The number of imide groups is 1. The quantitative estimate of drug-likeness (QED) is 0.373. The summed E-state index contributed by atoms with van der Waals surface area (Å²) in [4.78, 5) is 35.0. The number of amides is 3. The number of nitrogens with zero attached hydrogens (tertiary/aromatic N) is 2. The summed E-state index contributed by atoms with van der Waals surface area (Å²) in [6.07, 6.45) is 6.86. The molecule has 1 aromatic rings. The Bertz CT molecular complexity index is 677. The summed E-state index contributed by atoms with van der Waals surface area (Å²) in [7, 11) is 0. The van der Waals surface area contributed by atoms with E-state index in [1.54, 1.807) is 0 Å². The second-order valence-corrected chi connectivity index (χ2v) is 9.49. The zero-order chi connectivity index (χ0) is 21.1. The number of hydrogen-bond donors (Lipinski definition) is 3. The van der Waals surface area contributed by atoms with Crippen molar-refractivity contribution in [3.05, 3.63) is 0 Å². The number of aromatic nitrogens is 2. The van der Waals surface area contributed by atoms with Crippen LogP contribution in [0.4, 0.5) is 9.93 Å². The first-order valence-electron chi connectivity index (χ1n) is 9.88. The number of nitrogens with one attached hydrogen (secondary N) is 3. The molecule has 0 saturated heterocycles. The van der Waals surface area contributed by atoms with Crippen LogP contribution in [-0.2, 0) is 14.3 Å². The van der Waals surface area contributed by atoms with Crippen LogP contribution in [0.5, 0.6) is 0 Å². The maximum absolute atomic E-state index is 11.8. The fourth-order valence-electron chi connectivity index (χ4n) is 2.74. The Morgan fingerprint density at radius 2 is 1.97 bits per heavy atom. The summed E-state index contributed by atoms with van der Waals surface area (Å²) >= 11 is 2.61. The van der Waals surface area contributed by atoms with Gasteiger partial charge in [0.25, 0.3) is 5.91 Å². The van der Waals surface area contributed by atoms with Gasteiger partial charge in [0.15, 0.2) is 10.9 Å². The average Bonchev–Trinajstić information content (AvgIpc) is 3.12. The van der Waals surface area contributed by atoms with Crippen LogP contribution in [0, 0.1) is 5.92 Å². The van der Waals surface area contributed by atoms with Crippen molar-refractivity contribution < 1.29 is 19.1 Å². The van der Waals surface area contributed by atoms with E-state index in [2.05, 4.69) is 26.1 Å². The van der Waals surface area contributed by atoms with E-state index < -0.39 is 24.5 Å². The predicted molar refractivity (Wildman–Crippen MR) is 113 cm³/mol. The number of anilines is 1. The third-order valence-electron chi connectivity index (χ3n) is 4.28. The molecule has 1 aliphatic rings. The number of carbonyl (C=O) groups excluding carboxylic acids is 3. The van der Waals surface area contributed by atoms with Crippen LogP contribution in [0.25, 0.3) is 0 Å². The normalized spacial score (nSPS) is 14.4. The monoisotopic (exact) mass is 443 g/mol. The number of thioether (sulfide) groups is 1. The van der Waals surface area contributed by atoms with Crippen LogP contribution < -0.4 is 16.0 Å². The van der Waals surface area contributed by atoms with Gasteiger partial charge < -0.3 is 15.4 Å². The Morgan fingerprint density at radius 3 is 2.69 bits per heavy atom. The highest BCUT2D eigenvalue weighted by atomic mass is 32.2. The summed E-state index contributed by atoms with van der Waals surface area (Å²) < 4.78 is 5.55. The zero-order valence-electron chi connectivity index (χ0n) is 16.9. The minimum absolute atomic E-state index is 0.0198. The highest BCUT2D eigenvalue weighted by molar-refractivity contribution is 8.01. The molecule has 9 nitrogen and oxygen atoms in total. The molecular formula is C18H29N5O4S2. The second kappa shape index (κ2) is 12.6. The van der Waals surface area contributed by atoms with Gasteiger partial charge in [-0.2, -0.15) is 0 Å². The van der Waals surface area contributed by atoms with Crippen molar-refractivity contribution in [2.45, 2.75) is 62.8 Å². The van der Waals surface area contributed by atoms with E-state index in [1.165, 1.54) is 42.4 Å². The third kappa shape index (κ3) is 9.93. The van der Waals surface area contributed by atoms with Crippen molar-refractivity contribution in [1.82, 2.24) is 20.8 Å². The van der Waals surface area contributed by atoms with Gasteiger partial charge in [0.05, 0.1) is 5.75 Å². The molecule has 29 heavy (non-hydrogen) atoms. The molecule has 0 unspecified atom stereocenters. The van der Waals surface area contributed by atoms with Gasteiger partial charge in [-0.3, -0.25) is 14.9 Å². The lowest BCUT2D eigenvalue weighted by atomic mass is 9.96. The fraction of sp³-hybridized carbons (Fsp3) is 0.722. The van der Waals surface area contributed by atoms with Crippen molar-refractivity contribution in [2.24, 2.45) is 5.92 Å². The van der Waals surface area contributed by atoms with Crippen molar-refractivity contribution in [3.63, 3.8) is 0 Å². The van der Waals surface area contributed by atoms with Crippen LogP contribution in [0.3, 0.4) is 0 Å². The Balaban J connectivity index is 1.59. The van der Waals surface area contributed by atoms with Gasteiger partial charge in [-0.25, -0.2) is 4.79 Å². The van der Waals surface area contributed by atoms with Crippen LogP contribution in [0.1, 0.15) is 52.4 Å². The predicted octanol–water partition coefficient (Wildman–Crippen LogP) is 2.79. The Morgan fingerprint density at radius 1 is 1.21 bits per heavy atom. The molecule has 0 aromatic carbocycles. The lowest BCUT2D eigenvalue weighted by molar-refractivity contribution is -0.145. The smallest absolute Gasteiger partial charge is 0.321 e. The number of urea groups is 1. The Hall–Kier alpha value is -1.88. The van der Waals surface area contributed by atoms with Crippen molar-refractivity contribution in [2.75, 3.05) is 24.2 Å². The van der Waals surface area contributed by atoms with Gasteiger partial charge in [0.1, 0.15) is 0 Å². The first kappa shape index (κ1) is 23.4. The Labute approximate surface area is 179 Å². The number of esters is 1. The first-order valence-corrected chi connectivity index (χ1v) is 11.7. The number of hydrogen-bond acceptors (Lipinski definition) is 9. The summed E-state index contributed by atoms with van der Waals surface area (Å²) in [5.41, 5.74) is 0. The van der Waals surface area contributed by atoms with Crippen molar-refractivity contribution in [3.8, 4) is 0 Å². The molecule has 1 heterocycles. The van der Waals surface area contributed by atoms with Crippen LogP contribution in [0.2, 0.25) is 0 Å². The van der Waals surface area contributed by atoms with Crippen molar-refractivity contribution in [1.29, 1.82) is 0 Å². The van der Waals surface area contributed by atoms with E-state index in [4.69, 9.17) is 4.74 Å². The maximum atomic E-state index is 11.8. The van der Waals surface area contributed by atoms with Gasteiger partial charge in [0, 0.05) is 12.6 Å². The van der Waals surface area contributed by atoms with E-state index in [9.17, 15) is 14.4 Å². The van der Waals surface area contributed by atoms with Crippen molar-refractivity contribution >= 4 is 46.1 Å². The summed E-state index contributed by atoms with van der Waals surface area (Å²) in [6.45, 7) is 4.06. The molecule has 3 amide bonds. The first-order chi connectivity index (χ1) is 13.9. The van der Waals surface area contributed by atoms with E-state index in [1.807, 2.05) is 13.8 Å². The van der Waals surface area contributed by atoms with Gasteiger partial charge in [-0.05, 0) is 25.2 Å². The molecular weight excluding hydrogens is 414 g/mol. The van der Waals surface area contributed by atoms with Gasteiger partial charge in [-0.15, -0.1) is 10.2 Å². The SMILES string of the molecule is CC(C)CCNC(=O)NC(=O)COC(=O)CSc1nnc(NC2CCCCC2)s1. The van der Waals surface area contributed by atoms with Crippen LogP contribution in [-0.4, -0.2) is 53.1 Å². The van der Waals surface area contributed by atoms with E-state index in [0.717, 1.165) is 24.4 Å². The molecule has 11 heteroatoms. The van der Waals surface area contributed by atoms with Crippen LogP contribution in [0.15, 0.2) is 4.34 Å². The van der Waals surface area contributed by atoms with Gasteiger partial charge in [0.2, 0.25) is 5.13 Å². The Kier molecular flexibility index (Phi) is 10.2. The van der Waals surface area contributed by atoms with Crippen LogP contribution >= 0.6 is 23.1 Å². The topological polar surface area (TPSA) is 122 Å². The molecule has 3 N–H and O–H groups in total. The minimum atomic E-state index is -0.666. The maximum Gasteiger partial charge on any atom is 0.321 e. The lowest BCUT2D eigenvalue weighted by Gasteiger charge is -2.21. The van der Waals surface area contributed by atoms with Gasteiger partial charge in [-0.1, -0.05) is 56.2 Å². The second-order valence-electron chi connectivity index (χ2n) is 7.29. The molecule has 1 aromatic heterocycles. The molecule has 1 aliphatic carbocycles.